The lowest BCUT2D eigenvalue weighted by Gasteiger charge is -2.24. The van der Waals surface area contributed by atoms with Crippen LogP contribution >= 0.6 is 0 Å². The van der Waals surface area contributed by atoms with Crippen LogP contribution in [-0.2, 0) is 11.2 Å². The Morgan fingerprint density at radius 2 is 1.94 bits per heavy atom. The minimum Gasteiger partial charge on any atom is -0.606 e. The highest BCUT2D eigenvalue weighted by Gasteiger charge is 2.31. The fraction of sp³-hybridized carbons (Fsp3) is 0.0769. The predicted molar refractivity (Wildman–Crippen MR) is 67.2 cm³/mol. The number of hydrogen-bond donors (Lipinski definition) is 2. The summed E-state index contributed by atoms with van der Waals surface area (Å²) in [5.74, 6) is 0.128. The van der Waals surface area contributed by atoms with Crippen LogP contribution < -0.4 is 5.32 Å². The second-order valence-corrected chi connectivity index (χ2v) is 5.38. The van der Waals surface area contributed by atoms with Gasteiger partial charge in [0.1, 0.15) is 11.4 Å². The zero-order chi connectivity index (χ0) is 12.0. The van der Waals surface area contributed by atoms with Crippen molar-refractivity contribution in [3.63, 3.8) is 0 Å². The predicted octanol–water partition coefficient (Wildman–Crippen LogP) is 2.92. The number of anilines is 2. The molecule has 1 atom stereocenters. The minimum absolute atomic E-state index is 0.128. The number of para-hydroxylation sites is 1. The van der Waals surface area contributed by atoms with Crippen LogP contribution in [0.2, 0.25) is 0 Å². The van der Waals surface area contributed by atoms with Gasteiger partial charge in [0.15, 0.2) is 9.79 Å². The van der Waals surface area contributed by atoms with Crippen LogP contribution in [0.3, 0.4) is 0 Å². The Bertz CT molecular complexity index is 598. The number of rotatable bonds is 0. The smallest absolute Gasteiger partial charge is 0.185 e. The molecule has 0 saturated heterocycles. The summed E-state index contributed by atoms with van der Waals surface area (Å²) >= 11 is -1.23. The Kier molecular flexibility index (Phi) is 2.28. The third-order valence-corrected chi connectivity index (χ3v) is 4.51. The van der Waals surface area contributed by atoms with E-state index in [4.69, 9.17) is 0 Å². The molecule has 0 aromatic heterocycles. The zero-order valence-electron chi connectivity index (χ0n) is 9.23. The Morgan fingerprint density at radius 3 is 2.76 bits per heavy atom. The van der Waals surface area contributed by atoms with E-state index in [-0.39, 0.29) is 5.75 Å². The largest absolute Gasteiger partial charge is 0.606 e. The van der Waals surface area contributed by atoms with E-state index in [9.17, 15) is 9.66 Å². The molecule has 2 aromatic carbocycles. The number of phenolic OH excluding ortho intramolecular Hbond substituents is 1. The fourth-order valence-corrected chi connectivity index (χ4v) is 3.48. The van der Waals surface area contributed by atoms with Crippen molar-refractivity contribution in [3.8, 4) is 5.75 Å². The third kappa shape index (κ3) is 1.49. The molecule has 0 saturated carbocycles. The summed E-state index contributed by atoms with van der Waals surface area (Å²) in [6, 6.07) is 10.8. The average molecular weight is 245 g/mol. The third-order valence-electron chi connectivity index (χ3n) is 2.86. The average Bonchev–Trinajstić information content (AvgIpc) is 2.31. The maximum absolute atomic E-state index is 12.4. The lowest BCUT2D eigenvalue weighted by atomic mass is 10.2. The van der Waals surface area contributed by atoms with Crippen LogP contribution in [0.5, 0.6) is 5.75 Å². The Balaban J connectivity index is 2.25. The van der Waals surface area contributed by atoms with Gasteiger partial charge in [-0.05, 0) is 25.1 Å². The van der Waals surface area contributed by atoms with E-state index in [0.29, 0.717) is 10.6 Å². The van der Waals surface area contributed by atoms with Gasteiger partial charge in [0.2, 0.25) is 0 Å². The molecule has 4 heteroatoms. The van der Waals surface area contributed by atoms with Crippen molar-refractivity contribution in [2.24, 2.45) is 0 Å². The summed E-state index contributed by atoms with van der Waals surface area (Å²) in [6.45, 7) is 1.94. The topological polar surface area (TPSA) is 55.3 Å². The van der Waals surface area contributed by atoms with Gasteiger partial charge in [0.25, 0.3) is 0 Å². The van der Waals surface area contributed by atoms with Gasteiger partial charge in [0.05, 0.1) is 5.69 Å². The Morgan fingerprint density at radius 1 is 1.18 bits per heavy atom. The summed E-state index contributed by atoms with van der Waals surface area (Å²) < 4.78 is 12.4. The summed E-state index contributed by atoms with van der Waals surface area (Å²) in [4.78, 5) is 1.43. The Hall–Kier alpha value is -1.65. The van der Waals surface area contributed by atoms with Crippen LogP contribution in [0.15, 0.2) is 46.2 Å². The van der Waals surface area contributed by atoms with E-state index in [2.05, 4.69) is 5.32 Å². The van der Waals surface area contributed by atoms with Crippen molar-refractivity contribution < 1.29 is 9.66 Å². The molecule has 1 aliphatic rings. The van der Waals surface area contributed by atoms with Gasteiger partial charge in [-0.15, -0.1) is 0 Å². The lowest BCUT2D eigenvalue weighted by molar-refractivity contribution is 0.475. The molecule has 0 radical (unpaired) electrons. The Labute approximate surface area is 102 Å². The first-order chi connectivity index (χ1) is 8.18. The number of hydrogen-bond acceptors (Lipinski definition) is 3. The van der Waals surface area contributed by atoms with Gasteiger partial charge < -0.3 is 15.0 Å². The highest BCUT2D eigenvalue weighted by Crippen LogP contribution is 2.44. The molecule has 1 heterocycles. The number of fused-ring (bicyclic) bond motifs is 2. The summed E-state index contributed by atoms with van der Waals surface area (Å²) in [5.41, 5.74) is 2.34. The van der Waals surface area contributed by atoms with Crippen LogP contribution in [0.4, 0.5) is 11.4 Å². The first-order valence-electron chi connectivity index (χ1n) is 5.29. The zero-order valence-corrected chi connectivity index (χ0v) is 10.0. The number of benzene rings is 2. The monoisotopic (exact) mass is 245 g/mol. The van der Waals surface area contributed by atoms with Crippen molar-refractivity contribution in [3.05, 3.63) is 42.0 Å². The normalized spacial score (nSPS) is 16.9. The maximum Gasteiger partial charge on any atom is 0.185 e. The fourth-order valence-electron chi connectivity index (χ4n) is 2.04. The SMILES string of the molecule is Cc1cccc2c1[S+]([O-])c1cccc(O)c1N2. The van der Waals surface area contributed by atoms with Gasteiger partial charge in [0, 0.05) is 16.7 Å². The number of aromatic hydroxyl groups is 1. The van der Waals surface area contributed by atoms with Gasteiger partial charge >= 0.3 is 0 Å². The standard InChI is InChI=1S/C13H11NO2S/c1-8-4-2-5-9-13(8)17(16)11-7-3-6-10(15)12(11)14-9/h2-7,14-15H,1H3. The van der Waals surface area contributed by atoms with Crippen LogP contribution in [0.25, 0.3) is 0 Å². The summed E-state index contributed by atoms with van der Waals surface area (Å²) in [6.07, 6.45) is 0. The number of phenols is 1. The molecule has 0 fully saturated rings. The molecule has 2 N–H and O–H groups in total. The van der Waals surface area contributed by atoms with Crippen LogP contribution in [0.1, 0.15) is 5.56 Å². The van der Waals surface area contributed by atoms with Gasteiger partial charge in [-0.3, -0.25) is 0 Å². The minimum atomic E-state index is -1.23. The van der Waals surface area contributed by atoms with Crippen molar-refractivity contribution in [1.29, 1.82) is 0 Å². The molecule has 0 aliphatic carbocycles. The molecule has 1 unspecified atom stereocenters. The highest BCUT2D eigenvalue weighted by atomic mass is 32.2. The maximum atomic E-state index is 12.4. The molecule has 3 nitrogen and oxygen atoms in total. The van der Waals surface area contributed by atoms with E-state index >= 15 is 0 Å². The summed E-state index contributed by atoms with van der Waals surface area (Å²) in [7, 11) is 0. The lowest BCUT2D eigenvalue weighted by Crippen LogP contribution is -2.15. The molecule has 86 valence electrons. The molecule has 3 rings (SSSR count). The highest BCUT2D eigenvalue weighted by molar-refractivity contribution is 7.92. The van der Waals surface area contributed by atoms with Gasteiger partial charge in [-0.2, -0.15) is 0 Å². The second kappa shape index (κ2) is 3.68. The first-order valence-corrected chi connectivity index (χ1v) is 6.44. The molecule has 0 bridgehead atoms. The number of aryl methyl sites for hydroxylation is 1. The first kappa shape index (κ1) is 10.5. The van der Waals surface area contributed by atoms with Crippen molar-refractivity contribution in [2.75, 3.05) is 5.32 Å². The number of nitrogens with one attached hydrogen (secondary N) is 1. The summed E-state index contributed by atoms with van der Waals surface area (Å²) in [5, 5.41) is 12.9. The molecule has 1 aliphatic heterocycles. The van der Waals surface area contributed by atoms with Crippen molar-refractivity contribution in [2.45, 2.75) is 16.7 Å². The molecule has 0 amide bonds. The molecular formula is C13H11NO2S. The van der Waals surface area contributed by atoms with E-state index in [0.717, 1.165) is 16.1 Å². The quantitative estimate of drug-likeness (QED) is 0.554. The molecule has 17 heavy (non-hydrogen) atoms. The molecular weight excluding hydrogens is 234 g/mol. The van der Waals surface area contributed by atoms with E-state index < -0.39 is 11.2 Å². The molecule has 0 spiro atoms. The van der Waals surface area contributed by atoms with Crippen molar-refractivity contribution in [1.82, 2.24) is 0 Å². The van der Waals surface area contributed by atoms with Crippen LogP contribution in [0, 0.1) is 6.92 Å². The van der Waals surface area contributed by atoms with E-state index in [1.807, 2.05) is 25.1 Å². The van der Waals surface area contributed by atoms with Crippen LogP contribution in [-0.4, -0.2) is 9.66 Å². The molecule has 2 aromatic rings. The van der Waals surface area contributed by atoms with Crippen molar-refractivity contribution >= 4 is 22.6 Å². The van der Waals surface area contributed by atoms with E-state index in [1.165, 1.54) is 0 Å². The van der Waals surface area contributed by atoms with E-state index in [1.54, 1.807) is 18.2 Å². The van der Waals surface area contributed by atoms with Gasteiger partial charge in [-0.1, -0.05) is 18.2 Å². The second-order valence-electron chi connectivity index (χ2n) is 4.00. The van der Waals surface area contributed by atoms with Gasteiger partial charge in [-0.25, -0.2) is 0 Å².